The molecular weight excluding hydrogens is 282 g/mol. The van der Waals surface area contributed by atoms with Gasteiger partial charge < -0.3 is 5.32 Å². The molecule has 0 atom stereocenters. The van der Waals surface area contributed by atoms with Gasteiger partial charge in [-0.25, -0.2) is 0 Å². The van der Waals surface area contributed by atoms with Gasteiger partial charge in [-0.3, -0.25) is 19.9 Å². The van der Waals surface area contributed by atoms with Gasteiger partial charge in [-0.1, -0.05) is 0 Å². The SMILES string of the molecule is O=C(Nc1cncc2c1CCCC2)c1ccc([N+](=O)[O-])cc1. The number of non-ortho nitro benzene ring substituents is 1. The lowest BCUT2D eigenvalue weighted by molar-refractivity contribution is -0.384. The Morgan fingerprint density at radius 1 is 1.14 bits per heavy atom. The van der Waals surface area contributed by atoms with Crippen molar-refractivity contribution in [3.8, 4) is 0 Å². The van der Waals surface area contributed by atoms with Gasteiger partial charge in [0.15, 0.2) is 0 Å². The van der Waals surface area contributed by atoms with Gasteiger partial charge >= 0.3 is 0 Å². The fourth-order valence-electron chi connectivity index (χ4n) is 2.70. The van der Waals surface area contributed by atoms with Gasteiger partial charge in [-0.2, -0.15) is 0 Å². The summed E-state index contributed by atoms with van der Waals surface area (Å²) in [6.45, 7) is 0. The summed E-state index contributed by atoms with van der Waals surface area (Å²) in [5, 5.41) is 13.5. The molecule has 0 fully saturated rings. The molecule has 6 nitrogen and oxygen atoms in total. The number of nitrogens with one attached hydrogen (secondary N) is 1. The van der Waals surface area contributed by atoms with Crippen LogP contribution in [-0.2, 0) is 12.8 Å². The van der Waals surface area contributed by atoms with E-state index in [-0.39, 0.29) is 11.6 Å². The highest BCUT2D eigenvalue weighted by atomic mass is 16.6. The molecular formula is C16H15N3O3. The van der Waals surface area contributed by atoms with Crippen molar-refractivity contribution in [1.82, 2.24) is 4.98 Å². The Bertz CT molecular complexity index is 726. The van der Waals surface area contributed by atoms with Crippen LogP contribution in [0.15, 0.2) is 36.7 Å². The first-order valence-corrected chi connectivity index (χ1v) is 7.17. The number of nitrogens with zero attached hydrogens (tertiary/aromatic N) is 2. The van der Waals surface area contributed by atoms with E-state index >= 15 is 0 Å². The maximum absolute atomic E-state index is 12.3. The maximum atomic E-state index is 12.3. The predicted molar refractivity (Wildman–Crippen MR) is 81.9 cm³/mol. The zero-order chi connectivity index (χ0) is 15.5. The van der Waals surface area contributed by atoms with Gasteiger partial charge in [0.05, 0.1) is 16.8 Å². The minimum absolute atomic E-state index is 0.0321. The van der Waals surface area contributed by atoms with Crippen molar-refractivity contribution in [3.63, 3.8) is 0 Å². The lowest BCUT2D eigenvalue weighted by Gasteiger charge is -2.18. The van der Waals surface area contributed by atoms with Crippen LogP contribution in [0.1, 0.15) is 34.3 Å². The Hall–Kier alpha value is -2.76. The number of hydrogen-bond donors (Lipinski definition) is 1. The zero-order valence-corrected chi connectivity index (χ0v) is 11.9. The topological polar surface area (TPSA) is 85.1 Å². The van der Waals surface area contributed by atoms with E-state index in [0.29, 0.717) is 5.56 Å². The third-order valence-electron chi connectivity index (χ3n) is 3.86. The van der Waals surface area contributed by atoms with E-state index in [1.165, 1.54) is 29.8 Å². The van der Waals surface area contributed by atoms with E-state index in [4.69, 9.17) is 0 Å². The highest BCUT2D eigenvalue weighted by Crippen LogP contribution is 2.27. The number of aryl methyl sites for hydroxylation is 1. The second-order valence-corrected chi connectivity index (χ2v) is 5.29. The Morgan fingerprint density at radius 3 is 2.59 bits per heavy atom. The van der Waals surface area contributed by atoms with Crippen molar-refractivity contribution in [1.29, 1.82) is 0 Å². The lowest BCUT2D eigenvalue weighted by atomic mass is 9.92. The van der Waals surface area contributed by atoms with Gasteiger partial charge in [0, 0.05) is 23.9 Å². The molecule has 0 radical (unpaired) electrons. The summed E-state index contributed by atoms with van der Waals surface area (Å²) in [5.41, 5.74) is 3.43. The highest BCUT2D eigenvalue weighted by Gasteiger charge is 2.16. The van der Waals surface area contributed by atoms with Crippen molar-refractivity contribution in [2.45, 2.75) is 25.7 Å². The molecule has 1 aromatic carbocycles. The highest BCUT2D eigenvalue weighted by molar-refractivity contribution is 6.04. The average molecular weight is 297 g/mol. The van der Waals surface area contributed by atoms with Crippen molar-refractivity contribution < 1.29 is 9.72 Å². The largest absolute Gasteiger partial charge is 0.320 e. The van der Waals surface area contributed by atoms with E-state index in [1.54, 1.807) is 6.20 Å². The molecule has 1 aliphatic rings. The second kappa shape index (κ2) is 5.93. The summed E-state index contributed by atoms with van der Waals surface area (Å²) in [5.74, 6) is -0.282. The van der Waals surface area contributed by atoms with Crippen molar-refractivity contribution in [2.24, 2.45) is 0 Å². The monoisotopic (exact) mass is 297 g/mol. The molecule has 1 aromatic heterocycles. The number of fused-ring (bicyclic) bond motifs is 1. The fourth-order valence-corrected chi connectivity index (χ4v) is 2.70. The first kappa shape index (κ1) is 14.2. The number of carbonyl (C=O) groups excluding carboxylic acids is 1. The quantitative estimate of drug-likeness (QED) is 0.696. The standard InChI is InChI=1S/C16H15N3O3/c20-16(11-5-7-13(8-6-11)19(21)22)18-15-10-17-9-12-3-1-2-4-14(12)15/h5-10H,1-4H2,(H,18,20). The summed E-state index contributed by atoms with van der Waals surface area (Å²) in [7, 11) is 0. The number of nitro groups is 1. The molecule has 0 saturated carbocycles. The Labute approximate surface area is 127 Å². The number of amides is 1. The van der Waals surface area contributed by atoms with E-state index in [1.807, 2.05) is 6.20 Å². The van der Waals surface area contributed by atoms with Crippen LogP contribution < -0.4 is 5.32 Å². The molecule has 1 amide bonds. The molecule has 0 spiro atoms. The predicted octanol–water partition coefficient (Wildman–Crippen LogP) is 3.12. The van der Waals surface area contributed by atoms with Crippen LogP contribution in [0.2, 0.25) is 0 Å². The normalized spacial score (nSPS) is 13.3. The van der Waals surface area contributed by atoms with Crippen LogP contribution in [0.4, 0.5) is 11.4 Å². The summed E-state index contributed by atoms with van der Waals surface area (Å²) in [6, 6.07) is 5.56. The van der Waals surface area contributed by atoms with Gasteiger partial charge in [0.2, 0.25) is 0 Å². The molecule has 1 N–H and O–H groups in total. The molecule has 0 saturated heterocycles. The smallest absolute Gasteiger partial charge is 0.269 e. The summed E-state index contributed by atoms with van der Waals surface area (Å²) in [4.78, 5) is 26.6. The molecule has 0 unspecified atom stereocenters. The number of rotatable bonds is 3. The Balaban J connectivity index is 1.81. The molecule has 1 aliphatic carbocycles. The van der Waals surface area contributed by atoms with E-state index in [9.17, 15) is 14.9 Å². The number of carbonyl (C=O) groups is 1. The molecule has 112 valence electrons. The molecule has 1 heterocycles. The number of aromatic nitrogens is 1. The third kappa shape index (κ3) is 2.81. The minimum atomic E-state index is -0.487. The molecule has 2 aromatic rings. The number of anilines is 1. The van der Waals surface area contributed by atoms with E-state index < -0.39 is 4.92 Å². The molecule has 0 aliphatic heterocycles. The Kier molecular flexibility index (Phi) is 3.82. The number of pyridine rings is 1. The van der Waals surface area contributed by atoms with Crippen LogP contribution in [-0.4, -0.2) is 15.8 Å². The number of benzene rings is 1. The molecule has 3 rings (SSSR count). The van der Waals surface area contributed by atoms with Crippen LogP contribution in [0.5, 0.6) is 0 Å². The molecule has 22 heavy (non-hydrogen) atoms. The summed E-state index contributed by atoms with van der Waals surface area (Å²) in [6.07, 6.45) is 7.70. The van der Waals surface area contributed by atoms with Crippen LogP contribution in [0.3, 0.4) is 0 Å². The van der Waals surface area contributed by atoms with E-state index in [0.717, 1.165) is 36.9 Å². The van der Waals surface area contributed by atoms with Crippen molar-refractivity contribution in [2.75, 3.05) is 5.32 Å². The fraction of sp³-hybridized carbons (Fsp3) is 0.250. The first-order valence-electron chi connectivity index (χ1n) is 7.17. The van der Waals surface area contributed by atoms with Crippen LogP contribution in [0, 0.1) is 10.1 Å². The third-order valence-corrected chi connectivity index (χ3v) is 3.86. The second-order valence-electron chi connectivity index (χ2n) is 5.29. The summed E-state index contributed by atoms with van der Waals surface area (Å²) < 4.78 is 0. The zero-order valence-electron chi connectivity index (χ0n) is 11.9. The van der Waals surface area contributed by atoms with Crippen LogP contribution in [0.25, 0.3) is 0 Å². The van der Waals surface area contributed by atoms with Crippen molar-refractivity contribution in [3.05, 3.63) is 63.5 Å². The number of hydrogen-bond acceptors (Lipinski definition) is 4. The van der Waals surface area contributed by atoms with E-state index in [2.05, 4.69) is 10.3 Å². The van der Waals surface area contributed by atoms with Gasteiger partial charge in [-0.05, 0) is 48.9 Å². The lowest BCUT2D eigenvalue weighted by Crippen LogP contribution is -2.15. The minimum Gasteiger partial charge on any atom is -0.320 e. The van der Waals surface area contributed by atoms with Gasteiger partial charge in [-0.15, -0.1) is 0 Å². The maximum Gasteiger partial charge on any atom is 0.269 e. The average Bonchev–Trinajstić information content (AvgIpc) is 2.55. The van der Waals surface area contributed by atoms with Crippen molar-refractivity contribution >= 4 is 17.3 Å². The molecule has 6 heteroatoms. The Morgan fingerprint density at radius 2 is 1.86 bits per heavy atom. The molecule has 0 bridgehead atoms. The van der Waals surface area contributed by atoms with Crippen LogP contribution >= 0.6 is 0 Å². The summed E-state index contributed by atoms with van der Waals surface area (Å²) >= 11 is 0. The number of nitro benzene ring substituents is 1. The van der Waals surface area contributed by atoms with Gasteiger partial charge in [0.1, 0.15) is 0 Å². The first-order chi connectivity index (χ1) is 10.6. The van der Waals surface area contributed by atoms with Gasteiger partial charge in [0.25, 0.3) is 11.6 Å².